The number of nitrogens with zero attached hydrogens (tertiary/aromatic N) is 1. The number of esters is 1. The third-order valence-electron chi connectivity index (χ3n) is 5.53. The molecule has 1 N–H and O–H groups in total. The average Bonchev–Trinajstić information content (AvgIpc) is 3.10. The van der Waals surface area contributed by atoms with Gasteiger partial charge in [-0.2, -0.15) is 0 Å². The summed E-state index contributed by atoms with van der Waals surface area (Å²) in [7, 11) is 0. The zero-order chi connectivity index (χ0) is 21.8. The molecule has 6 nitrogen and oxygen atoms in total. The Labute approximate surface area is 177 Å². The maximum atomic E-state index is 12.5. The second kappa shape index (κ2) is 9.11. The molecule has 1 atom stereocenters. The summed E-state index contributed by atoms with van der Waals surface area (Å²) >= 11 is 0. The number of amides is 2. The normalized spacial score (nSPS) is 16.1. The molecule has 0 aliphatic carbocycles. The molecule has 2 aromatic carbocycles. The molecule has 1 aliphatic rings. The van der Waals surface area contributed by atoms with Crippen LogP contribution in [-0.4, -0.2) is 30.9 Å². The van der Waals surface area contributed by atoms with Gasteiger partial charge in [-0.3, -0.25) is 14.4 Å². The number of rotatable bonds is 6. The van der Waals surface area contributed by atoms with E-state index in [4.69, 9.17) is 4.74 Å². The van der Waals surface area contributed by atoms with E-state index in [1.165, 1.54) is 0 Å². The maximum Gasteiger partial charge on any atom is 0.311 e. The molecule has 0 unspecified atom stereocenters. The highest BCUT2D eigenvalue weighted by molar-refractivity contribution is 6.00. The zero-order valence-corrected chi connectivity index (χ0v) is 17.9. The number of carbonyl (C=O) groups is 3. The van der Waals surface area contributed by atoms with Crippen LogP contribution >= 0.6 is 0 Å². The van der Waals surface area contributed by atoms with Crippen molar-refractivity contribution in [3.05, 3.63) is 59.2 Å². The lowest BCUT2D eigenvalue weighted by atomic mass is 10.0. The summed E-state index contributed by atoms with van der Waals surface area (Å²) in [6.07, 6.45) is 0.0873. The van der Waals surface area contributed by atoms with E-state index < -0.39 is 17.8 Å². The lowest BCUT2D eigenvalue weighted by molar-refractivity contribution is -0.151. The minimum absolute atomic E-state index is 0.0873. The van der Waals surface area contributed by atoms with E-state index in [0.29, 0.717) is 5.69 Å². The number of aryl methyl sites for hydroxylation is 1. The molecular formula is C24H28N2O4. The molecule has 30 heavy (non-hydrogen) atoms. The third-order valence-corrected chi connectivity index (χ3v) is 5.53. The lowest BCUT2D eigenvalue weighted by Gasteiger charge is -2.20. The average molecular weight is 408 g/mol. The minimum atomic E-state index is -0.576. The van der Waals surface area contributed by atoms with E-state index in [1.807, 2.05) is 70.2 Å². The van der Waals surface area contributed by atoms with Crippen molar-refractivity contribution in [3.8, 4) is 0 Å². The van der Waals surface area contributed by atoms with Crippen molar-refractivity contribution in [3.63, 3.8) is 0 Å². The van der Waals surface area contributed by atoms with Crippen LogP contribution in [0, 0.1) is 19.8 Å². The standard InChI is InChI=1S/C24H28N2O4/c1-15(2)19-9-5-6-10-20(19)25-22(27)14-30-24(29)18-12-23(28)26(13-18)21-11-7-8-16(3)17(21)4/h5-11,15,18H,12-14H2,1-4H3,(H,25,27)/t18-/m1/s1. The van der Waals surface area contributed by atoms with Crippen LogP contribution in [0.1, 0.15) is 42.9 Å². The molecule has 1 saturated heterocycles. The van der Waals surface area contributed by atoms with Crippen molar-refractivity contribution in [1.29, 1.82) is 0 Å². The van der Waals surface area contributed by atoms with Crippen LogP contribution in [0.2, 0.25) is 0 Å². The number of hydrogen-bond donors (Lipinski definition) is 1. The van der Waals surface area contributed by atoms with Crippen molar-refractivity contribution in [2.45, 2.75) is 40.0 Å². The summed E-state index contributed by atoms with van der Waals surface area (Å²) in [5, 5.41) is 2.80. The van der Waals surface area contributed by atoms with Gasteiger partial charge in [0.2, 0.25) is 5.91 Å². The summed E-state index contributed by atoms with van der Waals surface area (Å²) in [5.41, 5.74) is 4.65. The molecule has 0 aromatic heterocycles. The number of para-hydroxylation sites is 1. The maximum absolute atomic E-state index is 12.5. The van der Waals surface area contributed by atoms with Gasteiger partial charge in [-0.25, -0.2) is 0 Å². The largest absolute Gasteiger partial charge is 0.455 e. The first-order valence-corrected chi connectivity index (χ1v) is 10.2. The summed E-state index contributed by atoms with van der Waals surface area (Å²) in [4.78, 5) is 38.8. The molecule has 3 rings (SSSR count). The highest BCUT2D eigenvalue weighted by atomic mass is 16.5. The zero-order valence-electron chi connectivity index (χ0n) is 17.9. The van der Waals surface area contributed by atoms with E-state index in [-0.39, 0.29) is 31.4 Å². The van der Waals surface area contributed by atoms with Crippen molar-refractivity contribution >= 4 is 29.2 Å². The summed E-state index contributed by atoms with van der Waals surface area (Å²) < 4.78 is 5.22. The molecule has 2 amide bonds. The number of ether oxygens (including phenoxy) is 1. The Kier molecular flexibility index (Phi) is 6.55. The molecule has 0 spiro atoms. The third kappa shape index (κ3) is 4.70. The topological polar surface area (TPSA) is 75.7 Å². The molecule has 0 saturated carbocycles. The van der Waals surface area contributed by atoms with Crippen LogP contribution in [-0.2, 0) is 19.1 Å². The van der Waals surface area contributed by atoms with Gasteiger partial charge in [-0.1, -0.05) is 44.2 Å². The lowest BCUT2D eigenvalue weighted by Crippen LogP contribution is -2.28. The van der Waals surface area contributed by atoms with Crippen LogP contribution in [0.3, 0.4) is 0 Å². The van der Waals surface area contributed by atoms with E-state index in [1.54, 1.807) is 4.90 Å². The van der Waals surface area contributed by atoms with Gasteiger partial charge in [-0.05, 0) is 48.6 Å². The van der Waals surface area contributed by atoms with Gasteiger partial charge in [0.1, 0.15) is 0 Å². The van der Waals surface area contributed by atoms with E-state index in [0.717, 1.165) is 22.4 Å². The summed E-state index contributed by atoms with van der Waals surface area (Å²) in [5.74, 6) is -1.35. The fourth-order valence-electron chi connectivity index (χ4n) is 3.68. The van der Waals surface area contributed by atoms with Crippen molar-refractivity contribution in [2.75, 3.05) is 23.4 Å². The van der Waals surface area contributed by atoms with Gasteiger partial charge in [0, 0.05) is 24.3 Å². The van der Waals surface area contributed by atoms with Gasteiger partial charge < -0.3 is 15.0 Å². The van der Waals surface area contributed by atoms with E-state index in [9.17, 15) is 14.4 Å². The number of hydrogen-bond acceptors (Lipinski definition) is 4. The van der Waals surface area contributed by atoms with Gasteiger partial charge in [0.15, 0.2) is 6.61 Å². The number of anilines is 2. The molecule has 6 heteroatoms. The SMILES string of the molecule is Cc1cccc(N2C[C@H](C(=O)OCC(=O)Nc3ccccc3C(C)C)CC2=O)c1C. The van der Waals surface area contributed by atoms with Crippen LogP contribution in [0.4, 0.5) is 11.4 Å². The highest BCUT2D eigenvalue weighted by Gasteiger charge is 2.37. The van der Waals surface area contributed by atoms with Crippen LogP contribution in [0.15, 0.2) is 42.5 Å². The molecule has 2 aromatic rings. The first-order valence-electron chi connectivity index (χ1n) is 10.2. The molecule has 158 valence electrons. The van der Waals surface area contributed by atoms with E-state index >= 15 is 0 Å². The van der Waals surface area contributed by atoms with Crippen molar-refractivity contribution < 1.29 is 19.1 Å². The molecular weight excluding hydrogens is 380 g/mol. The monoisotopic (exact) mass is 408 g/mol. The summed E-state index contributed by atoms with van der Waals surface area (Å²) in [6, 6.07) is 13.3. The van der Waals surface area contributed by atoms with Gasteiger partial charge in [0.25, 0.3) is 5.91 Å². The van der Waals surface area contributed by atoms with Gasteiger partial charge >= 0.3 is 5.97 Å². The Morgan fingerprint density at radius 2 is 1.87 bits per heavy atom. The van der Waals surface area contributed by atoms with Crippen LogP contribution < -0.4 is 10.2 Å². The van der Waals surface area contributed by atoms with Crippen LogP contribution in [0.5, 0.6) is 0 Å². The summed E-state index contributed by atoms with van der Waals surface area (Å²) in [6.45, 7) is 7.93. The molecule has 1 aliphatic heterocycles. The minimum Gasteiger partial charge on any atom is -0.455 e. The quantitative estimate of drug-likeness (QED) is 0.734. The van der Waals surface area contributed by atoms with Crippen molar-refractivity contribution in [2.24, 2.45) is 5.92 Å². The Bertz CT molecular complexity index is 967. The predicted octanol–water partition coefficient (Wildman–Crippen LogP) is 3.96. The number of carbonyl (C=O) groups excluding carboxylic acids is 3. The first-order chi connectivity index (χ1) is 14.3. The van der Waals surface area contributed by atoms with Crippen molar-refractivity contribution in [1.82, 2.24) is 0 Å². The molecule has 1 heterocycles. The Morgan fingerprint density at radius 3 is 2.60 bits per heavy atom. The smallest absolute Gasteiger partial charge is 0.311 e. The number of benzene rings is 2. The number of nitrogens with one attached hydrogen (secondary N) is 1. The van der Waals surface area contributed by atoms with Crippen LogP contribution in [0.25, 0.3) is 0 Å². The van der Waals surface area contributed by atoms with Gasteiger partial charge in [0.05, 0.1) is 5.92 Å². The van der Waals surface area contributed by atoms with Gasteiger partial charge in [-0.15, -0.1) is 0 Å². The molecule has 0 radical (unpaired) electrons. The Balaban J connectivity index is 1.57. The fraction of sp³-hybridized carbons (Fsp3) is 0.375. The Hall–Kier alpha value is -3.15. The fourth-order valence-corrected chi connectivity index (χ4v) is 3.68. The molecule has 1 fully saturated rings. The highest BCUT2D eigenvalue weighted by Crippen LogP contribution is 2.30. The second-order valence-corrected chi connectivity index (χ2v) is 8.02. The first kappa shape index (κ1) is 21.6. The predicted molar refractivity (Wildman–Crippen MR) is 116 cm³/mol. The molecule has 0 bridgehead atoms. The van der Waals surface area contributed by atoms with E-state index in [2.05, 4.69) is 5.32 Å². The second-order valence-electron chi connectivity index (χ2n) is 8.02. The Morgan fingerprint density at radius 1 is 1.13 bits per heavy atom.